The molecule has 0 amide bonds. The highest BCUT2D eigenvalue weighted by Gasteiger charge is 2.19. The average Bonchev–Trinajstić information content (AvgIpc) is 3.13. The first-order chi connectivity index (χ1) is 22.8. The van der Waals surface area contributed by atoms with Crippen molar-refractivity contribution < 1.29 is 0 Å². The molecule has 9 rings (SSSR count). The van der Waals surface area contributed by atoms with E-state index in [0.29, 0.717) is 0 Å². The zero-order valence-corrected chi connectivity index (χ0v) is 25.1. The van der Waals surface area contributed by atoms with E-state index in [1.165, 1.54) is 71.1 Å². The summed E-state index contributed by atoms with van der Waals surface area (Å²) in [7, 11) is 0. The molecule has 9 aromatic rings. The van der Waals surface area contributed by atoms with Crippen LogP contribution in [0.4, 0.5) is 0 Å². The van der Waals surface area contributed by atoms with Crippen LogP contribution in [0, 0.1) is 0 Å². The van der Waals surface area contributed by atoms with E-state index in [1.54, 1.807) is 0 Å². The van der Waals surface area contributed by atoms with Gasteiger partial charge in [-0.05, 0) is 89.3 Å². The predicted octanol–water partition coefficient (Wildman–Crippen LogP) is 11.8. The zero-order chi connectivity index (χ0) is 30.5. The van der Waals surface area contributed by atoms with Gasteiger partial charge in [0.15, 0.2) is 0 Å². The highest BCUT2D eigenvalue weighted by atomic mass is 14.7. The lowest BCUT2D eigenvalue weighted by Crippen LogP contribution is -1.93. The molecule has 7 aromatic carbocycles. The highest BCUT2D eigenvalue weighted by Crippen LogP contribution is 2.46. The summed E-state index contributed by atoms with van der Waals surface area (Å²) in [6.45, 7) is 0. The second-order valence-electron chi connectivity index (χ2n) is 11.8. The van der Waals surface area contributed by atoms with Crippen LogP contribution in [0.5, 0.6) is 0 Å². The zero-order valence-electron chi connectivity index (χ0n) is 25.1. The minimum atomic E-state index is 0.983. The van der Waals surface area contributed by atoms with E-state index >= 15 is 0 Å². The van der Waals surface area contributed by atoms with Gasteiger partial charge in [0.1, 0.15) is 0 Å². The SMILES string of the molecule is c1ccc2cc(-c3ccc(-c4c5ccccc5c(-c5cccc6cccc(-c7ccncc7)c56)c5ccccc45)cc3)ncc2c1. The number of aromatic nitrogens is 2. The van der Waals surface area contributed by atoms with Crippen molar-refractivity contribution in [2.24, 2.45) is 0 Å². The van der Waals surface area contributed by atoms with E-state index < -0.39 is 0 Å². The molecular weight excluding hydrogens is 556 g/mol. The molecule has 214 valence electrons. The highest BCUT2D eigenvalue weighted by molar-refractivity contribution is 6.24. The molecular formula is C44H28N2. The maximum Gasteiger partial charge on any atom is 0.0708 e. The van der Waals surface area contributed by atoms with E-state index in [4.69, 9.17) is 4.98 Å². The molecule has 2 heteroatoms. The molecule has 0 fully saturated rings. The van der Waals surface area contributed by atoms with Crippen molar-refractivity contribution in [3.05, 3.63) is 170 Å². The first kappa shape index (κ1) is 26.3. The van der Waals surface area contributed by atoms with Crippen LogP contribution in [0.1, 0.15) is 0 Å². The van der Waals surface area contributed by atoms with Crippen LogP contribution in [0.25, 0.3) is 87.7 Å². The maximum absolute atomic E-state index is 4.77. The molecule has 0 bridgehead atoms. The Bertz CT molecular complexity index is 2500. The van der Waals surface area contributed by atoms with Gasteiger partial charge in [0.2, 0.25) is 0 Å². The van der Waals surface area contributed by atoms with Crippen LogP contribution in [0.3, 0.4) is 0 Å². The summed E-state index contributed by atoms with van der Waals surface area (Å²) in [6.07, 6.45) is 5.71. The summed E-state index contributed by atoms with van der Waals surface area (Å²) in [5.74, 6) is 0. The average molecular weight is 585 g/mol. The van der Waals surface area contributed by atoms with Gasteiger partial charge in [-0.25, -0.2) is 0 Å². The van der Waals surface area contributed by atoms with E-state index in [1.807, 2.05) is 18.6 Å². The Balaban J connectivity index is 1.28. The monoisotopic (exact) mass is 584 g/mol. The summed E-state index contributed by atoms with van der Waals surface area (Å²) < 4.78 is 0. The van der Waals surface area contributed by atoms with Crippen molar-refractivity contribution in [1.29, 1.82) is 0 Å². The Labute approximate surface area is 267 Å². The minimum absolute atomic E-state index is 0.983. The lowest BCUT2D eigenvalue weighted by molar-refractivity contribution is 1.33. The van der Waals surface area contributed by atoms with E-state index in [-0.39, 0.29) is 0 Å². The number of hydrogen-bond donors (Lipinski definition) is 0. The van der Waals surface area contributed by atoms with Crippen molar-refractivity contribution in [3.63, 3.8) is 0 Å². The molecule has 0 atom stereocenters. The van der Waals surface area contributed by atoms with Gasteiger partial charge in [-0.1, -0.05) is 133 Å². The number of nitrogens with zero attached hydrogens (tertiary/aromatic N) is 2. The summed E-state index contributed by atoms with van der Waals surface area (Å²) in [5, 5.41) is 9.80. The Kier molecular flexibility index (Phi) is 6.17. The van der Waals surface area contributed by atoms with Crippen molar-refractivity contribution in [2.75, 3.05) is 0 Å². The molecule has 2 nitrogen and oxygen atoms in total. The third kappa shape index (κ3) is 4.27. The van der Waals surface area contributed by atoms with Crippen LogP contribution < -0.4 is 0 Å². The van der Waals surface area contributed by atoms with Gasteiger partial charge in [0, 0.05) is 29.5 Å². The van der Waals surface area contributed by atoms with Crippen LogP contribution >= 0.6 is 0 Å². The number of fused-ring (bicyclic) bond motifs is 4. The predicted molar refractivity (Wildman–Crippen MR) is 194 cm³/mol. The number of hydrogen-bond acceptors (Lipinski definition) is 2. The normalized spacial score (nSPS) is 11.5. The second kappa shape index (κ2) is 10.8. The summed E-state index contributed by atoms with van der Waals surface area (Å²) in [4.78, 5) is 9.06. The third-order valence-electron chi connectivity index (χ3n) is 9.20. The molecule has 2 aromatic heterocycles. The molecule has 2 heterocycles. The van der Waals surface area contributed by atoms with Gasteiger partial charge < -0.3 is 0 Å². The van der Waals surface area contributed by atoms with Crippen molar-refractivity contribution >= 4 is 43.1 Å². The fraction of sp³-hybridized carbons (Fsp3) is 0. The van der Waals surface area contributed by atoms with Gasteiger partial charge in [-0.2, -0.15) is 0 Å². The lowest BCUT2D eigenvalue weighted by Gasteiger charge is -2.20. The third-order valence-corrected chi connectivity index (χ3v) is 9.20. The molecule has 0 unspecified atom stereocenters. The molecule has 0 saturated carbocycles. The number of rotatable bonds is 4. The van der Waals surface area contributed by atoms with Crippen molar-refractivity contribution in [3.8, 4) is 44.6 Å². The van der Waals surface area contributed by atoms with E-state index in [0.717, 1.165) is 16.6 Å². The summed E-state index contributed by atoms with van der Waals surface area (Å²) in [5.41, 5.74) is 9.42. The molecule has 0 spiro atoms. The Morgan fingerprint density at radius 3 is 1.59 bits per heavy atom. The molecule has 0 N–H and O–H groups in total. The first-order valence-electron chi connectivity index (χ1n) is 15.6. The Hall–Kier alpha value is -6.12. The molecule has 0 radical (unpaired) electrons. The largest absolute Gasteiger partial charge is 0.265 e. The van der Waals surface area contributed by atoms with Crippen LogP contribution in [0.15, 0.2) is 170 Å². The van der Waals surface area contributed by atoms with Crippen LogP contribution in [0.2, 0.25) is 0 Å². The van der Waals surface area contributed by atoms with Crippen molar-refractivity contribution in [1.82, 2.24) is 9.97 Å². The summed E-state index contributed by atoms with van der Waals surface area (Å²) >= 11 is 0. The maximum atomic E-state index is 4.77. The van der Waals surface area contributed by atoms with Gasteiger partial charge in [-0.3, -0.25) is 9.97 Å². The number of benzene rings is 7. The number of pyridine rings is 2. The lowest BCUT2D eigenvalue weighted by atomic mass is 9.83. The molecule has 46 heavy (non-hydrogen) atoms. The van der Waals surface area contributed by atoms with E-state index in [2.05, 4.69) is 157 Å². The fourth-order valence-electron chi connectivity index (χ4n) is 7.10. The second-order valence-corrected chi connectivity index (χ2v) is 11.8. The Morgan fingerprint density at radius 2 is 0.913 bits per heavy atom. The topological polar surface area (TPSA) is 25.8 Å². The molecule has 0 aliphatic heterocycles. The van der Waals surface area contributed by atoms with E-state index in [9.17, 15) is 0 Å². The molecule has 0 saturated heterocycles. The molecule has 0 aliphatic rings. The smallest absolute Gasteiger partial charge is 0.0708 e. The van der Waals surface area contributed by atoms with Gasteiger partial charge in [0.05, 0.1) is 5.69 Å². The minimum Gasteiger partial charge on any atom is -0.265 e. The standard InChI is InChI=1S/C44H28N2/c1-2-10-34-28-46-41(27-33(34)9-1)30-19-21-32(22-20-30)43-36-13-3-5-15-38(36)44(39-16-6-4-14-37(39)43)40-18-8-12-31-11-7-17-35(42(31)40)29-23-25-45-26-24-29/h1-28H. The van der Waals surface area contributed by atoms with Gasteiger partial charge in [0.25, 0.3) is 0 Å². The Morgan fingerprint density at radius 1 is 0.370 bits per heavy atom. The quantitative estimate of drug-likeness (QED) is 0.192. The molecule has 0 aliphatic carbocycles. The first-order valence-corrected chi connectivity index (χ1v) is 15.6. The van der Waals surface area contributed by atoms with Crippen LogP contribution in [-0.4, -0.2) is 9.97 Å². The van der Waals surface area contributed by atoms with Crippen LogP contribution in [-0.2, 0) is 0 Å². The van der Waals surface area contributed by atoms with Gasteiger partial charge >= 0.3 is 0 Å². The fourth-order valence-corrected chi connectivity index (χ4v) is 7.10. The summed E-state index contributed by atoms with van der Waals surface area (Å²) in [6, 6.07) is 54.7. The van der Waals surface area contributed by atoms with Gasteiger partial charge in [-0.15, -0.1) is 0 Å². The van der Waals surface area contributed by atoms with Crippen molar-refractivity contribution in [2.45, 2.75) is 0 Å².